The summed E-state index contributed by atoms with van der Waals surface area (Å²) in [7, 11) is 0. The van der Waals surface area contributed by atoms with Crippen molar-refractivity contribution in [1.29, 1.82) is 0 Å². The van der Waals surface area contributed by atoms with E-state index in [1.165, 1.54) is 11.0 Å². The fourth-order valence-electron chi connectivity index (χ4n) is 4.57. The van der Waals surface area contributed by atoms with Gasteiger partial charge < -0.3 is 5.32 Å². The average molecular weight is 455 g/mol. The molecule has 0 saturated carbocycles. The van der Waals surface area contributed by atoms with Gasteiger partial charge in [-0.3, -0.25) is 4.79 Å². The lowest BCUT2D eigenvalue weighted by Crippen LogP contribution is -2.73. The molecule has 3 amide bonds. The molecule has 32 heavy (non-hydrogen) atoms. The van der Waals surface area contributed by atoms with E-state index in [4.69, 9.17) is 0 Å². The third-order valence-electron chi connectivity index (χ3n) is 6.18. The van der Waals surface area contributed by atoms with Gasteiger partial charge in [0.05, 0.1) is 11.3 Å². The molecule has 1 aromatic rings. The van der Waals surface area contributed by atoms with Crippen molar-refractivity contribution in [3.05, 3.63) is 23.8 Å². The Hall–Kier alpha value is -2.66. The molecule has 1 fully saturated rings. The third-order valence-corrected chi connectivity index (χ3v) is 6.18. The molecule has 2 N–H and O–H groups in total. The lowest BCUT2D eigenvalue weighted by Gasteiger charge is -2.40. The summed E-state index contributed by atoms with van der Waals surface area (Å²) in [6, 6.07) is 2.57. The van der Waals surface area contributed by atoms with Gasteiger partial charge in [-0.15, -0.1) is 0 Å². The summed E-state index contributed by atoms with van der Waals surface area (Å²) < 4.78 is 41.3. The van der Waals surface area contributed by atoms with Crippen LogP contribution in [0.1, 0.15) is 51.0 Å². The highest BCUT2D eigenvalue weighted by molar-refractivity contribution is 6.24. The van der Waals surface area contributed by atoms with Crippen molar-refractivity contribution in [3.8, 4) is 0 Å². The predicted molar refractivity (Wildman–Crippen MR) is 108 cm³/mol. The second-order valence-electron chi connectivity index (χ2n) is 8.26. The van der Waals surface area contributed by atoms with Crippen LogP contribution in [-0.4, -0.2) is 62.8 Å². The Balaban J connectivity index is 1.65. The van der Waals surface area contributed by atoms with Crippen molar-refractivity contribution in [2.24, 2.45) is 0 Å². The van der Waals surface area contributed by atoms with E-state index in [1.807, 2.05) is 0 Å². The van der Waals surface area contributed by atoms with Crippen LogP contribution in [0.3, 0.4) is 0 Å². The largest absolute Gasteiger partial charge is 0.418 e. The predicted octanol–water partition coefficient (Wildman–Crippen LogP) is 4.00. The van der Waals surface area contributed by atoms with Crippen LogP contribution in [0.25, 0.3) is 0 Å². The smallest absolute Gasteiger partial charge is 0.334 e. The molecule has 1 saturated heterocycles. The molecule has 1 unspecified atom stereocenters. The summed E-state index contributed by atoms with van der Waals surface area (Å²) >= 11 is 0. The number of hydrogen-bond donors (Lipinski definition) is 2. The minimum Gasteiger partial charge on any atom is -0.334 e. The topological polar surface area (TPSA) is 85.1 Å². The van der Waals surface area contributed by atoms with Crippen molar-refractivity contribution in [1.82, 2.24) is 9.80 Å². The number of fused-ring (bicyclic) bond motifs is 2. The zero-order valence-corrected chi connectivity index (χ0v) is 17.7. The fourth-order valence-corrected chi connectivity index (χ4v) is 4.57. The maximum absolute atomic E-state index is 13.4. The number of alkyl halides is 3. The molecular weight excluding hydrogens is 429 g/mol. The zero-order valence-electron chi connectivity index (χ0n) is 17.7. The van der Waals surface area contributed by atoms with Crippen molar-refractivity contribution >= 4 is 29.1 Å². The fraction of sp³-hybridized carbons (Fsp3) is 0.571. The van der Waals surface area contributed by atoms with Crippen LogP contribution in [0.15, 0.2) is 18.2 Å². The SMILES string of the molecule is CCCCCCCCN1C(=O)N2CC[N+]3=C2C(OO)(Nc2cc(C(F)(F)F)ccc23)C1=O. The Kier molecular flexibility index (Phi) is 5.89. The number of anilines is 1. The number of benzene rings is 1. The number of nitrogens with zero attached hydrogens (tertiary/aromatic N) is 3. The van der Waals surface area contributed by atoms with E-state index in [2.05, 4.69) is 17.1 Å². The Morgan fingerprint density at radius 1 is 1.19 bits per heavy atom. The number of urea groups is 1. The van der Waals surface area contributed by atoms with Gasteiger partial charge in [-0.25, -0.2) is 19.5 Å². The Morgan fingerprint density at radius 2 is 1.91 bits per heavy atom. The highest BCUT2D eigenvalue weighted by Crippen LogP contribution is 2.42. The molecule has 0 aliphatic carbocycles. The van der Waals surface area contributed by atoms with Crippen LogP contribution in [0.5, 0.6) is 0 Å². The normalized spacial score (nSPS) is 22.3. The molecule has 4 rings (SSSR count). The lowest BCUT2D eigenvalue weighted by molar-refractivity contribution is -0.440. The van der Waals surface area contributed by atoms with Gasteiger partial charge >= 0.3 is 29.7 Å². The van der Waals surface area contributed by atoms with Gasteiger partial charge in [0.15, 0.2) is 5.69 Å². The highest BCUT2D eigenvalue weighted by atomic mass is 19.4. The molecule has 3 heterocycles. The number of rotatable bonds is 8. The van der Waals surface area contributed by atoms with Crippen LogP contribution in [0.2, 0.25) is 0 Å². The molecule has 3 aliphatic heterocycles. The van der Waals surface area contributed by atoms with Gasteiger partial charge in [-0.1, -0.05) is 39.0 Å². The van der Waals surface area contributed by atoms with Gasteiger partial charge in [0.25, 0.3) is 0 Å². The molecule has 1 atom stereocenters. The van der Waals surface area contributed by atoms with Crippen molar-refractivity contribution in [2.45, 2.75) is 57.3 Å². The summed E-state index contributed by atoms with van der Waals surface area (Å²) in [5.74, 6) is -0.777. The van der Waals surface area contributed by atoms with Gasteiger partial charge in [-0.05, 0) is 24.6 Å². The first-order valence-electron chi connectivity index (χ1n) is 10.8. The number of halogens is 3. The summed E-state index contributed by atoms with van der Waals surface area (Å²) in [5.41, 5.74) is -2.74. The standard InChI is InChI=1S/C21H25F3N4O4/c1-2-3-4-5-6-7-10-28-18(29)20(32-31)17-26(11-12-27(17)19(28)30)16-9-8-14(21(22,23)24)13-15(16)25-20/h8-9,13,25H,2-7,10-12H2,1H3/p+1. The molecule has 8 nitrogen and oxygen atoms in total. The lowest BCUT2D eigenvalue weighted by atomic mass is 10.0. The Labute approximate surface area is 183 Å². The van der Waals surface area contributed by atoms with Crippen LogP contribution >= 0.6 is 0 Å². The van der Waals surface area contributed by atoms with Crippen LogP contribution < -0.4 is 5.32 Å². The molecule has 0 spiro atoms. The first-order valence-corrected chi connectivity index (χ1v) is 10.8. The van der Waals surface area contributed by atoms with Crippen molar-refractivity contribution < 1.29 is 37.5 Å². The van der Waals surface area contributed by atoms with Crippen LogP contribution in [0, 0.1) is 0 Å². The Morgan fingerprint density at radius 3 is 2.59 bits per heavy atom. The minimum atomic E-state index is -4.58. The molecule has 1 aromatic carbocycles. The molecule has 3 aliphatic rings. The zero-order chi connectivity index (χ0) is 23.1. The highest BCUT2D eigenvalue weighted by Gasteiger charge is 2.68. The van der Waals surface area contributed by atoms with Gasteiger partial charge in [0, 0.05) is 6.54 Å². The van der Waals surface area contributed by atoms with Crippen LogP contribution in [-0.2, 0) is 15.9 Å². The summed E-state index contributed by atoms with van der Waals surface area (Å²) in [6.45, 7) is 2.71. The quantitative estimate of drug-likeness (QED) is 0.268. The van der Waals surface area contributed by atoms with E-state index in [0.29, 0.717) is 12.1 Å². The summed E-state index contributed by atoms with van der Waals surface area (Å²) in [5, 5.41) is 12.5. The molecule has 174 valence electrons. The maximum atomic E-state index is 13.4. The number of imide groups is 1. The molecular formula is C21H26F3N4O4+. The van der Waals surface area contributed by atoms with E-state index >= 15 is 0 Å². The van der Waals surface area contributed by atoms with Gasteiger partial charge in [0.1, 0.15) is 13.1 Å². The summed E-state index contributed by atoms with van der Waals surface area (Å²) in [4.78, 5) is 33.4. The monoisotopic (exact) mass is 455 g/mol. The second-order valence-corrected chi connectivity index (χ2v) is 8.26. The van der Waals surface area contributed by atoms with E-state index in [1.54, 1.807) is 4.58 Å². The number of unbranched alkanes of at least 4 members (excludes halogenated alkanes) is 5. The van der Waals surface area contributed by atoms with E-state index in [-0.39, 0.29) is 31.2 Å². The first kappa shape index (κ1) is 22.5. The van der Waals surface area contributed by atoms with Crippen LogP contribution in [0.4, 0.5) is 29.3 Å². The first-order chi connectivity index (χ1) is 15.2. The second kappa shape index (κ2) is 8.36. The number of hydrogen-bond acceptors (Lipinski definition) is 5. The van der Waals surface area contributed by atoms with E-state index in [9.17, 15) is 28.0 Å². The maximum Gasteiger partial charge on any atom is 0.418 e. The molecule has 0 aromatic heterocycles. The van der Waals surface area contributed by atoms with Gasteiger partial charge in [0.2, 0.25) is 0 Å². The average Bonchev–Trinajstić information content (AvgIpc) is 3.22. The number of carbonyl (C=O) groups is 2. The summed E-state index contributed by atoms with van der Waals surface area (Å²) in [6.07, 6.45) is 1.11. The molecule has 0 radical (unpaired) electrons. The molecule has 11 heteroatoms. The minimum absolute atomic E-state index is 0.0123. The number of amidine groups is 1. The van der Waals surface area contributed by atoms with E-state index in [0.717, 1.165) is 49.1 Å². The number of amides is 3. The number of carbonyl (C=O) groups excluding carboxylic acids is 2. The van der Waals surface area contributed by atoms with Crippen molar-refractivity contribution in [2.75, 3.05) is 25.0 Å². The van der Waals surface area contributed by atoms with Gasteiger partial charge in [-0.2, -0.15) is 23.0 Å². The molecule has 0 bridgehead atoms. The van der Waals surface area contributed by atoms with E-state index < -0.39 is 29.4 Å². The van der Waals surface area contributed by atoms with Crippen molar-refractivity contribution in [3.63, 3.8) is 0 Å². The third kappa shape index (κ3) is 3.53. The number of nitrogens with one attached hydrogen (secondary N) is 1. The Bertz CT molecular complexity index is 965.